The summed E-state index contributed by atoms with van der Waals surface area (Å²) in [5, 5.41) is 18.9. The van der Waals surface area contributed by atoms with Crippen LogP contribution in [0, 0.1) is 10.1 Å². The zero-order valence-electron chi connectivity index (χ0n) is 7.15. The lowest BCUT2D eigenvalue weighted by Gasteiger charge is -2.06. The van der Waals surface area contributed by atoms with Gasteiger partial charge in [-0.25, -0.2) is 8.78 Å². The molecule has 0 saturated carbocycles. The molecule has 1 heterocycles. The quantitative estimate of drug-likeness (QED) is 0.646. The van der Waals surface area contributed by atoms with Crippen molar-refractivity contribution in [2.75, 3.05) is 0 Å². The molecular formula is C7H5ClF2N2O3. The van der Waals surface area contributed by atoms with Crippen LogP contribution in [-0.4, -0.2) is 15.0 Å². The molecule has 1 aromatic rings. The van der Waals surface area contributed by atoms with Crippen molar-refractivity contribution < 1.29 is 18.8 Å². The van der Waals surface area contributed by atoms with Gasteiger partial charge in [-0.1, -0.05) is 11.6 Å². The van der Waals surface area contributed by atoms with Gasteiger partial charge in [0.15, 0.2) is 0 Å². The van der Waals surface area contributed by atoms with E-state index in [4.69, 9.17) is 16.7 Å². The van der Waals surface area contributed by atoms with Gasteiger partial charge < -0.3 is 5.11 Å². The molecule has 82 valence electrons. The standard InChI is InChI=1S/C7H5ClF2N2O3/c8-4-1-11-5(7(9)10)3(2-13)6(4)12(14)15/h1,7,13H,2H2. The molecule has 5 nitrogen and oxygen atoms in total. The lowest BCUT2D eigenvalue weighted by Crippen LogP contribution is -2.04. The fourth-order valence-corrected chi connectivity index (χ4v) is 1.30. The second-order valence-electron chi connectivity index (χ2n) is 2.53. The molecule has 0 aliphatic rings. The molecule has 1 aromatic heterocycles. The number of hydrogen-bond acceptors (Lipinski definition) is 4. The second-order valence-corrected chi connectivity index (χ2v) is 2.94. The molecule has 0 amide bonds. The lowest BCUT2D eigenvalue weighted by atomic mass is 10.1. The van der Waals surface area contributed by atoms with Crippen LogP contribution in [0.3, 0.4) is 0 Å². The maximum absolute atomic E-state index is 12.4. The van der Waals surface area contributed by atoms with Crippen molar-refractivity contribution in [1.82, 2.24) is 4.98 Å². The maximum Gasteiger partial charge on any atom is 0.296 e. The third-order valence-corrected chi connectivity index (χ3v) is 1.96. The summed E-state index contributed by atoms with van der Waals surface area (Å²) in [6.45, 7) is -0.913. The van der Waals surface area contributed by atoms with Gasteiger partial charge in [0.05, 0.1) is 23.3 Å². The van der Waals surface area contributed by atoms with Gasteiger partial charge in [0.2, 0.25) is 0 Å². The van der Waals surface area contributed by atoms with Crippen molar-refractivity contribution in [3.63, 3.8) is 0 Å². The highest BCUT2D eigenvalue weighted by molar-refractivity contribution is 6.32. The minimum absolute atomic E-state index is 0.381. The Bertz CT molecular complexity index is 400. The van der Waals surface area contributed by atoms with Gasteiger partial charge in [-0.15, -0.1) is 0 Å². The number of nitrogens with zero attached hydrogens (tertiary/aromatic N) is 2. The van der Waals surface area contributed by atoms with Crippen LogP contribution >= 0.6 is 11.6 Å². The molecule has 0 saturated heterocycles. The van der Waals surface area contributed by atoms with E-state index in [2.05, 4.69) is 4.98 Å². The van der Waals surface area contributed by atoms with Crippen LogP contribution in [0.1, 0.15) is 17.7 Å². The van der Waals surface area contributed by atoms with Crippen LogP contribution < -0.4 is 0 Å². The van der Waals surface area contributed by atoms with Gasteiger partial charge in [0.1, 0.15) is 10.7 Å². The van der Waals surface area contributed by atoms with Gasteiger partial charge in [0.25, 0.3) is 12.1 Å². The summed E-state index contributed by atoms with van der Waals surface area (Å²) in [6.07, 6.45) is -2.23. The van der Waals surface area contributed by atoms with E-state index in [0.717, 1.165) is 6.20 Å². The van der Waals surface area contributed by atoms with E-state index < -0.39 is 34.9 Å². The molecule has 0 unspecified atom stereocenters. The van der Waals surface area contributed by atoms with Crippen molar-refractivity contribution in [2.24, 2.45) is 0 Å². The topological polar surface area (TPSA) is 76.3 Å². The Morgan fingerprint density at radius 2 is 2.27 bits per heavy atom. The number of aromatic nitrogens is 1. The molecule has 15 heavy (non-hydrogen) atoms. The number of alkyl halides is 2. The summed E-state index contributed by atoms with van der Waals surface area (Å²) in [5.41, 5.74) is -2.11. The molecule has 0 aromatic carbocycles. The van der Waals surface area contributed by atoms with Crippen LogP contribution in [0.4, 0.5) is 14.5 Å². The van der Waals surface area contributed by atoms with Crippen molar-refractivity contribution in [3.05, 3.63) is 32.6 Å². The molecule has 0 bridgehead atoms. The van der Waals surface area contributed by atoms with E-state index in [1.165, 1.54) is 0 Å². The summed E-state index contributed by atoms with van der Waals surface area (Å²) in [4.78, 5) is 12.8. The number of halogens is 3. The molecule has 0 aliphatic carbocycles. The van der Waals surface area contributed by atoms with Crippen LogP contribution in [0.25, 0.3) is 0 Å². The fraction of sp³-hybridized carbons (Fsp3) is 0.286. The molecule has 1 rings (SSSR count). The monoisotopic (exact) mass is 238 g/mol. The van der Waals surface area contributed by atoms with E-state index in [1.807, 2.05) is 0 Å². The Balaban J connectivity index is 3.47. The highest BCUT2D eigenvalue weighted by Gasteiger charge is 2.26. The first-order valence-corrected chi connectivity index (χ1v) is 4.07. The third-order valence-electron chi connectivity index (χ3n) is 1.69. The van der Waals surface area contributed by atoms with Gasteiger partial charge in [-0.05, 0) is 0 Å². The molecule has 0 fully saturated rings. The molecule has 1 N–H and O–H groups in total. The predicted molar refractivity (Wildman–Crippen MR) is 46.8 cm³/mol. The van der Waals surface area contributed by atoms with E-state index in [0.29, 0.717) is 0 Å². The Morgan fingerprint density at radius 1 is 1.67 bits per heavy atom. The minimum atomic E-state index is -3.00. The van der Waals surface area contributed by atoms with E-state index in [-0.39, 0.29) is 5.02 Å². The summed E-state index contributed by atoms with van der Waals surface area (Å²) >= 11 is 5.42. The SMILES string of the molecule is O=[N+]([O-])c1c(Cl)cnc(C(F)F)c1CO. The van der Waals surface area contributed by atoms with Crippen molar-refractivity contribution in [2.45, 2.75) is 13.0 Å². The Labute approximate surface area is 87.5 Å². The zero-order valence-corrected chi connectivity index (χ0v) is 7.91. The molecule has 0 atom stereocenters. The first kappa shape index (κ1) is 11.7. The number of nitro groups is 1. The number of pyridine rings is 1. The van der Waals surface area contributed by atoms with Crippen LogP contribution in [-0.2, 0) is 6.61 Å². The van der Waals surface area contributed by atoms with Crippen molar-refractivity contribution in [1.29, 1.82) is 0 Å². The molecule has 0 radical (unpaired) electrons. The number of aliphatic hydroxyl groups excluding tert-OH is 1. The average molecular weight is 239 g/mol. The highest BCUT2D eigenvalue weighted by atomic mass is 35.5. The predicted octanol–water partition coefficient (Wildman–Crippen LogP) is 2.07. The zero-order chi connectivity index (χ0) is 11.6. The lowest BCUT2D eigenvalue weighted by molar-refractivity contribution is -0.385. The Hall–Kier alpha value is -1.34. The summed E-state index contributed by atoms with van der Waals surface area (Å²) in [6, 6.07) is 0. The second kappa shape index (κ2) is 4.45. The molecule has 0 aliphatic heterocycles. The Kier molecular flexibility index (Phi) is 3.48. The summed E-state index contributed by atoms with van der Waals surface area (Å²) in [5.74, 6) is 0. The first-order valence-electron chi connectivity index (χ1n) is 3.69. The van der Waals surface area contributed by atoms with Crippen molar-refractivity contribution >= 4 is 17.3 Å². The summed E-state index contributed by atoms with van der Waals surface area (Å²) in [7, 11) is 0. The normalized spacial score (nSPS) is 10.7. The minimum Gasteiger partial charge on any atom is -0.391 e. The Morgan fingerprint density at radius 3 is 2.67 bits per heavy atom. The van der Waals surface area contributed by atoms with Crippen molar-refractivity contribution in [3.8, 4) is 0 Å². The van der Waals surface area contributed by atoms with Crippen LogP contribution in [0.5, 0.6) is 0 Å². The maximum atomic E-state index is 12.4. The van der Waals surface area contributed by atoms with Crippen LogP contribution in [0.2, 0.25) is 5.02 Å². The molecular weight excluding hydrogens is 234 g/mol. The average Bonchev–Trinajstić information content (AvgIpc) is 2.15. The largest absolute Gasteiger partial charge is 0.391 e. The highest BCUT2D eigenvalue weighted by Crippen LogP contribution is 2.33. The van der Waals surface area contributed by atoms with Crippen LogP contribution in [0.15, 0.2) is 6.20 Å². The number of hydrogen-bond donors (Lipinski definition) is 1. The van der Waals surface area contributed by atoms with Gasteiger partial charge >= 0.3 is 0 Å². The smallest absolute Gasteiger partial charge is 0.296 e. The molecule has 8 heteroatoms. The van der Waals surface area contributed by atoms with E-state index in [1.54, 1.807) is 0 Å². The van der Waals surface area contributed by atoms with Gasteiger partial charge in [-0.3, -0.25) is 15.1 Å². The third kappa shape index (κ3) is 2.18. The van der Waals surface area contributed by atoms with E-state index in [9.17, 15) is 18.9 Å². The van der Waals surface area contributed by atoms with Gasteiger partial charge in [0, 0.05) is 0 Å². The fourth-order valence-electron chi connectivity index (χ4n) is 1.07. The van der Waals surface area contributed by atoms with Gasteiger partial charge in [-0.2, -0.15) is 0 Å². The molecule has 0 spiro atoms. The van der Waals surface area contributed by atoms with E-state index >= 15 is 0 Å². The number of aliphatic hydroxyl groups is 1. The number of rotatable bonds is 3. The first-order chi connectivity index (χ1) is 6.99. The summed E-state index contributed by atoms with van der Waals surface area (Å²) < 4.78 is 24.7.